The summed E-state index contributed by atoms with van der Waals surface area (Å²) in [6.07, 6.45) is 2.61. The van der Waals surface area contributed by atoms with Crippen molar-refractivity contribution < 1.29 is 33.0 Å². The summed E-state index contributed by atoms with van der Waals surface area (Å²) in [5.74, 6) is -1.57. The zero-order valence-electron chi connectivity index (χ0n) is 16.2. The first kappa shape index (κ1) is 21.6. The number of hydrogen-bond acceptors (Lipinski definition) is 6. The van der Waals surface area contributed by atoms with Crippen LogP contribution >= 0.6 is 0 Å². The number of esters is 1. The van der Waals surface area contributed by atoms with E-state index in [4.69, 9.17) is 14.2 Å². The summed E-state index contributed by atoms with van der Waals surface area (Å²) in [5, 5.41) is 2.41. The lowest BCUT2D eigenvalue weighted by Crippen LogP contribution is -2.14. The minimum Gasteiger partial charge on any atom is -0.497 e. The van der Waals surface area contributed by atoms with Crippen molar-refractivity contribution in [2.45, 2.75) is 6.92 Å². The third-order valence-corrected chi connectivity index (χ3v) is 3.72. The maximum atomic E-state index is 14.0. The molecule has 0 aromatic heterocycles. The molecule has 0 saturated carbocycles. The Morgan fingerprint density at radius 2 is 1.69 bits per heavy atom. The molecule has 8 heteroatoms. The van der Waals surface area contributed by atoms with Crippen LogP contribution in [0.4, 0.5) is 10.1 Å². The molecular weight excluding hydrogens is 381 g/mol. The summed E-state index contributed by atoms with van der Waals surface area (Å²) in [6.45, 7) is 0.659. The van der Waals surface area contributed by atoms with E-state index in [1.54, 1.807) is 18.2 Å². The van der Waals surface area contributed by atoms with E-state index in [1.165, 1.54) is 39.4 Å². The van der Waals surface area contributed by atoms with Gasteiger partial charge in [-0.05, 0) is 42.0 Å². The average Bonchev–Trinajstić information content (AvgIpc) is 2.69. The standard InChI is InChI=1S/C21H20FNO6/c1-13(24)23-15-5-6-18(19(22)10-15)20(25)12-29-21(26)7-4-14-8-16(27-2)11-17(9-14)28-3/h4-11H,12H2,1-3H3,(H,23,24)/b7-4+. The molecule has 2 rings (SSSR count). The predicted molar refractivity (Wildman–Crippen MR) is 105 cm³/mol. The number of benzene rings is 2. The first-order valence-electron chi connectivity index (χ1n) is 8.50. The number of hydrogen-bond donors (Lipinski definition) is 1. The quantitative estimate of drug-likeness (QED) is 0.415. The molecule has 2 aromatic carbocycles. The minimum atomic E-state index is -0.823. The monoisotopic (exact) mass is 401 g/mol. The molecule has 7 nitrogen and oxygen atoms in total. The van der Waals surface area contributed by atoms with Crippen molar-refractivity contribution in [3.8, 4) is 11.5 Å². The second-order valence-electron chi connectivity index (χ2n) is 5.89. The Bertz CT molecular complexity index is 932. The van der Waals surface area contributed by atoms with Gasteiger partial charge in [-0.2, -0.15) is 0 Å². The number of amides is 1. The van der Waals surface area contributed by atoms with Crippen molar-refractivity contribution in [3.63, 3.8) is 0 Å². The lowest BCUT2D eigenvalue weighted by Gasteiger charge is -2.07. The van der Waals surface area contributed by atoms with Crippen LogP contribution in [0, 0.1) is 5.82 Å². The Kier molecular flexibility index (Phi) is 7.47. The first-order valence-corrected chi connectivity index (χ1v) is 8.50. The van der Waals surface area contributed by atoms with Gasteiger partial charge in [0.1, 0.15) is 17.3 Å². The SMILES string of the molecule is COc1cc(/C=C/C(=O)OCC(=O)c2ccc(NC(C)=O)cc2F)cc(OC)c1. The fraction of sp³-hybridized carbons (Fsp3) is 0.190. The van der Waals surface area contributed by atoms with Gasteiger partial charge in [0.25, 0.3) is 0 Å². The van der Waals surface area contributed by atoms with Crippen LogP contribution in [0.25, 0.3) is 6.08 Å². The molecule has 1 amide bonds. The molecule has 0 aliphatic rings. The fourth-order valence-corrected chi connectivity index (χ4v) is 2.37. The summed E-state index contributed by atoms with van der Waals surface area (Å²) in [7, 11) is 3.01. The Balaban J connectivity index is 1.97. The Hall–Kier alpha value is -3.68. The number of halogens is 1. The van der Waals surface area contributed by atoms with Crippen LogP contribution in [0.5, 0.6) is 11.5 Å². The highest BCUT2D eigenvalue weighted by atomic mass is 19.1. The van der Waals surface area contributed by atoms with Crippen molar-refractivity contribution in [2.24, 2.45) is 0 Å². The molecule has 0 unspecified atom stereocenters. The van der Waals surface area contributed by atoms with E-state index in [0.29, 0.717) is 17.1 Å². The number of methoxy groups -OCH3 is 2. The van der Waals surface area contributed by atoms with Crippen LogP contribution in [0.3, 0.4) is 0 Å². The molecule has 0 heterocycles. The van der Waals surface area contributed by atoms with Gasteiger partial charge in [0.15, 0.2) is 6.61 Å². The molecule has 0 bridgehead atoms. The number of rotatable bonds is 8. The zero-order chi connectivity index (χ0) is 21.4. The molecule has 0 aliphatic carbocycles. The minimum absolute atomic E-state index is 0.222. The third kappa shape index (κ3) is 6.46. The number of ether oxygens (including phenoxy) is 3. The van der Waals surface area contributed by atoms with E-state index in [1.807, 2.05) is 0 Å². The highest BCUT2D eigenvalue weighted by Crippen LogP contribution is 2.23. The highest BCUT2D eigenvalue weighted by molar-refractivity contribution is 5.99. The topological polar surface area (TPSA) is 90.9 Å². The average molecular weight is 401 g/mol. The largest absolute Gasteiger partial charge is 0.497 e. The van der Waals surface area contributed by atoms with Gasteiger partial charge in [0, 0.05) is 24.8 Å². The van der Waals surface area contributed by atoms with Crippen molar-refractivity contribution >= 4 is 29.4 Å². The van der Waals surface area contributed by atoms with E-state index in [9.17, 15) is 18.8 Å². The number of Topliss-reactive ketones (excluding diaryl/α,β-unsaturated/α-hetero) is 1. The number of nitrogens with one attached hydrogen (secondary N) is 1. The maximum absolute atomic E-state index is 14.0. The van der Waals surface area contributed by atoms with Gasteiger partial charge < -0.3 is 19.5 Å². The Morgan fingerprint density at radius 3 is 2.24 bits per heavy atom. The van der Waals surface area contributed by atoms with Crippen molar-refractivity contribution in [3.05, 3.63) is 59.4 Å². The van der Waals surface area contributed by atoms with Crippen molar-refractivity contribution in [1.29, 1.82) is 0 Å². The molecule has 1 N–H and O–H groups in total. The van der Waals surface area contributed by atoms with E-state index < -0.39 is 24.2 Å². The van der Waals surface area contributed by atoms with Gasteiger partial charge in [-0.15, -0.1) is 0 Å². The van der Waals surface area contributed by atoms with Crippen LogP contribution in [-0.2, 0) is 14.3 Å². The second-order valence-corrected chi connectivity index (χ2v) is 5.89. The van der Waals surface area contributed by atoms with Crippen LogP contribution in [0.1, 0.15) is 22.8 Å². The molecule has 0 atom stereocenters. The number of carbonyl (C=O) groups is 3. The molecular formula is C21H20FNO6. The first-order chi connectivity index (χ1) is 13.8. The summed E-state index contributed by atoms with van der Waals surface area (Å²) in [4.78, 5) is 34.9. The van der Waals surface area contributed by atoms with Gasteiger partial charge >= 0.3 is 5.97 Å². The molecule has 0 aliphatic heterocycles. The number of carbonyl (C=O) groups excluding carboxylic acids is 3. The highest BCUT2D eigenvalue weighted by Gasteiger charge is 2.14. The van der Waals surface area contributed by atoms with Gasteiger partial charge in [0.05, 0.1) is 19.8 Å². The van der Waals surface area contributed by atoms with Gasteiger partial charge in [-0.3, -0.25) is 9.59 Å². The van der Waals surface area contributed by atoms with Gasteiger partial charge in [-0.25, -0.2) is 9.18 Å². The lowest BCUT2D eigenvalue weighted by molar-refractivity contribution is -0.136. The fourth-order valence-electron chi connectivity index (χ4n) is 2.37. The molecule has 2 aromatic rings. The van der Waals surface area contributed by atoms with Gasteiger partial charge in [-0.1, -0.05) is 0 Å². The van der Waals surface area contributed by atoms with E-state index in [-0.39, 0.29) is 17.2 Å². The normalized spacial score (nSPS) is 10.5. The van der Waals surface area contributed by atoms with Gasteiger partial charge in [0.2, 0.25) is 11.7 Å². The summed E-state index contributed by atoms with van der Waals surface area (Å²) in [5.41, 5.74) is 0.609. The van der Waals surface area contributed by atoms with E-state index in [2.05, 4.69) is 5.32 Å². The smallest absolute Gasteiger partial charge is 0.331 e. The van der Waals surface area contributed by atoms with Crippen LogP contribution in [-0.4, -0.2) is 38.5 Å². The van der Waals surface area contributed by atoms with Crippen LogP contribution in [0.15, 0.2) is 42.5 Å². The van der Waals surface area contributed by atoms with Crippen molar-refractivity contribution in [1.82, 2.24) is 0 Å². The molecule has 0 saturated heterocycles. The predicted octanol–water partition coefficient (Wildman–Crippen LogP) is 3.24. The molecule has 152 valence electrons. The van der Waals surface area contributed by atoms with Crippen LogP contribution in [0.2, 0.25) is 0 Å². The number of anilines is 1. The molecule has 0 spiro atoms. The second kappa shape index (κ2) is 10.0. The molecule has 29 heavy (non-hydrogen) atoms. The molecule has 0 radical (unpaired) electrons. The van der Waals surface area contributed by atoms with E-state index in [0.717, 1.165) is 12.1 Å². The third-order valence-electron chi connectivity index (χ3n) is 3.72. The summed E-state index contributed by atoms with van der Waals surface area (Å²) in [6, 6.07) is 8.67. The Morgan fingerprint density at radius 1 is 1.03 bits per heavy atom. The maximum Gasteiger partial charge on any atom is 0.331 e. The van der Waals surface area contributed by atoms with Crippen LogP contribution < -0.4 is 14.8 Å². The Labute approximate surface area is 167 Å². The zero-order valence-corrected chi connectivity index (χ0v) is 16.2. The lowest BCUT2D eigenvalue weighted by atomic mass is 10.1. The summed E-state index contributed by atoms with van der Waals surface area (Å²) < 4.78 is 29.2. The number of ketones is 1. The molecule has 0 fully saturated rings. The van der Waals surface area contributed by atoms with E-state index >= 15 is 0 Å². The van der Waals surface area contributed by atoms with Crippen molar-refractivity contribution in [2.75, 3.05) is 26.1 Å². The summed E-state index contributed by atoms with van der Waals surface area (Å²) >= 11 is 0.